The molecule has 4 rings (SSSR count). The molecule has 1 aliphatic rings. The summed E-state index contributed by atoms with van der Waals surface area (Å²) >= 11 is 0. The SMILES string of the molecule is N#CCCCOc1cccc(C2Nc3ccccc3C(=O)N2c2ccccc2)c1. The van der Waals surface area contributed by atoms with Crippen LogP contribution >= 0.6 is 0 Å². The second-order valence-electron chi connectivity index (χ2n) is 6.79. The van der Waals surface area contributed by atoms with E-state index < -0.39 is 0 Å². The van der Waals surface area contributed by atoms with E-state index >= 15 is 0 Å². The average Bonchev–Trinajstić information content (AvgIpc) is 2.77. The maximum atomic E-state index is 13.4. The molecule has 0 saturated heterocycles. The zero-order valence-corrected chi connectivity index (χ0v) is 15.9. The van der Waals surface area contributed by atoms with Crippen LogP contribution in [0.15, 0.2) is 78.9 Å². The van der Waals surface area contributed by atoms with E-state index in [1.165, 1.54) is 0 Å². The fourth-order valence-electron chi connectivity index (χ4n) is 3.46. The number of hydrogen-bond donors (Lipinski definition) is 1. The molecule has 0 aromatic heterocycles. The monoisotopic (exact) mass is 383 g/mol. The lowest BCUT2D eigenvalue weighted by molar-refractivity contribution is 0.0975. The molecule has 29 heavy (non-hydrogen) atoms. The zero-order valence-electron chi connectivity index (χ0n) is 15.9. The van der Waals surface area contributed by atoms with Gasteiger partial charge >= 0.3 is 0 Å². The number of fused-ring (bicyclic) bond motifs is 1. The molecule has 144 valence electrons. The molecule has 0 aliphatic carbocycles. The third-order valence-electron chi connectivity index (χ3n) is 4.84. The Morgan fingerprint density at radius 1 is 1.00 bits per heavy atom. The largest absolute Gasteiger partial charge is 0.494 e. The summed E-state index contributed by atoms with van der Waals surface area (Å²) in [6, 6.07) is 27.1. The van der Waals surface area contributed by atoms with Crippen LogP contribution < -0.4 is 15.0 Å². The first kappa shape index (κ1) is 18.6. The minimum atomic E-state index is -0.359. The van der Waals surface area contributed by atoms with E-state index in [1.54, 1.807) is 4.90 Å². The van der Waals surface area contributed by atoms with E-state index in [9.17, 15) is 4.79 Å². The lowest BCUT2D eigenvalue weighted by atomic mass is 10.0. The van der Waals surface area contributed by atoms with Crippen molar-refractivity contribution in [2.24, 2.45) is 0 Å². The van der Waals surface area contributed by atoms with Crippen LogP contribution in [-0.4, -0.2) is 12.5 Å². The number of ether oxygens (including phenoxy) is 1. The van der Waals surface area contributed by atoms with Crippen LogP contribution in [0.5, 0.6) is 5.75 Å². The maximum Gasteiger partial charge on any atom is 0.262 e. The van der Waals surface area contributed by atoms with E-state index in [1.807, 2.05) is 78.9 Å². The molecule has 0 spiro atoms. The Morgan fingerprint density at radius 2 is 1.79 bits per heavy atom. The molecule has 5 heteroatoms. The highest BCUT2D eigenvalue weighted by Gasteiger charge is 2.34. The predicted molar refractivity (Wildman–Crippen MR) is 113 cm³/mol. The van der Waals surface area contributed by atoms with Gasteiger partial charge in [-0.1, -0.05) is 42.5 Å². The van der Waals surface area contributed by atoms with Crippen LogP contribution in [0.4, 0.5) is 11.4 Å². The molecule has 0 bridgehead atoms. The molecule has 1 atom stereocenters. The predicted octanol–water partition coefficient (Wildman–Crippen LogP) is 5.14. The topological polar surface area (TPSA) is 65.4 Å². The summed E-state index contributed by atoms with van der Waals surface area (Å²) in [5.41, 5.74) is 3.21. The molecule has 0 fully saturated rings. The molecule has 1 N–H and O–H groups in total. The zero-order chi connectivity index (χ0) is 20.1. The highest BCUT2D eigenvalue weighted by molar-refractivity contribution is 6.12. The van der Waals surface area contributed by atoms with Gasteiger partial charge in [-0.3, -0.25) is 9.69 Å². The minimum Gasteiger partial charge on any atom is -0.494 e. The number of rotatable bonds is 6. The Hall–Kier alpha value is -3.78. The van der Waals surface area contributed by atoms with Crippen molar-refractivity contribution in [3.63, 3.8) is 0 Å². The van der Waals surface area contributed by atoms with Gasteiger partial charge in [0.1, 0.15) is 11.9 Å². The first-order valence-electron chi connectivity index (χ1n) is 9.62. The molecule has 5 nitrogen and oxygen atoms in total. The second-order valence-corrected chi connectivity index (χ2v) is 6.79. The van der Waals surface area contributed by atoms with E-state index in [4.69, 9.17) is 10.00 Å². The molecule has 0 radical (unpaired) electrons. The van der Waals surface area contributed by atoms with Crippen molar-refractivity contribution in [3.8, 4) is 11.8 Å². The normalized spacial score (nSPS) is 15.2. The van der Waals surface area contributed by atoms with Gasteiger partial charge in [-0.2, -0.15) is 5.26 Å². The number of unbranched alkanes of at least 4 members (excludes halogenated alkanes) is 1. The number of benzene rings is 3. The van der Waals surface area contributed by atoms with Crippen molar-refractivity contribution in [2.45, 2.75) is 19.0 Å². The fourth-order valence-corrected chi connectivity index (χ4v) is 3.46. The number of para-hydroxylation sites is 2. The molecule has 1 aliphatic heterocycles. The van der Waals surface area contributed by atoms with E-state index in [0.717, 1.165) is 22.7 Å². The van der Waals surface area contributed by atoms with Gasteiger partial charge in [0.15, 0.2) is 0 Å². The van der Waals surface area contributed by atoms with E-state index in [2.05, 4.69) is 11.4 Å². The molecular formula is C24H21N3O2. The number of nitriles is 1. The van der Waals surface area contributed by atoms with Gasteiger partial charge in [-0.05, 0) is 48.4 Å². The highest BCUT2D eigenvalue weighted by Crippen LogP contribution is 2.37. The molecule has 3 aromatic rings. The van der Waals surface area contributed by atoms with Gasteiger partial charge in [0.2, 0.25) is 0 Å². The molecule has 1 unspecified atom stereocenters. The van der Waals surface area contributed by atoms with Crippen molar-refractivity contribution in [2.75, 3.05) is 16.8 Å². The van der Waals surface area contributed by atoms with E-state index in [0.29, 0.717) is 25.0 Å². The van der Waals surface area contributed by atoms with Gasteiger partial charge in [-0.25, -0.2) is 0 Å². The molecule has 0 saturated carbocycles. The fraction of sp³-hybridized carbons (Fsp3) is 0.167. The Bertz CT molecular complexity index is 1040. The first-order valence-corrected chi connectivity index (χ1v) is 9.62. The Labute approximate surface area is 170 Å². The second kappa shape index (κ2) is 8.49. The molecular weight excluding hydrogens is 362 g/mol. The smallest absolute Gasteiger partial charge is 0.262 e. The summed E-state index contributed by atoms with van der Waals surface area (Å²) in [6.45, 7) is 0.485. The summed E-state index contributed by atoms with van der Waals surface area (Å²) in [7, 11) is 0. The number of nitrogens with one attached hydrogen (secondary N) is 1. The van der Waals surface area contributed by atoms with Gasteiger partial charge in [-0.15, -0.1) is 0 Å². The quantitative estimate of drug-likeness (QED) is 0.599. The summed E-state index contributed by atoms with van der Waals surface area (Å²) in [6.07, 6.45) is 0.795. The van der Waals surface area contributed by atoms with Crippen LogP contribution in [-0.2, 0) is 0 Å². The van der Waals surface area contributed by atoms with Crippen molar-refractivity contribution in [1.29, 1.82) is 5.26 Å². The number of carbonyl (C=O) groups excluding carboxylic acids is 1. The van der Waals surface area contributed by atoms with Crippen LogP contribution in [0.25, 0.3) is 0 Å². The van der Waals surface area contributed by atoms with Crippen molar-refractivity contribution in [1.82, 2.24) is 0 Å². The number of hydrogen-bond acceptors (Lipinski definition) is 4. The lowest BCUT2D eigenvalue weighted by Crippen LogP contribution is -2.43. The standard InChI is InChI=1S/C24H21N3O2/c25-15-6-7-16-29-20-12-8-9-18(17-20)23-26-22-14-5-4-13-21(22)24(28)27(23)19-10-2-1-3-11-19/h1-5,8-14,17,23,26H,6-7,16H2. The van der Waals surface area contributed by atoms with Crippen molar-refractivity contribution in [3.05, 3.63) is 90.0 Å². The van der Waals surface area contributed by atoms with E-state index in [-0.39, 0.29) is 12.1 Å². The van der Waals surface area contributed by atoms with Crippen molar-refractivity contribution < 1.29 is 9.53 Å². The molecule has 1 heterocycles. The summed E-state index contributed by atoms with van der Waals surface area (Å²) < 4.78 is 5.79. The Balaban J connectivity index is 1.69. The van der Waals surface area contributed by atoms with Gasteiger partial charge < -0.3 is 10.1 Å². The van der Waals surface area contributed by atoms with Crippen LogP contribution in [0, 0.1) is 11.3 Å². The Morgan fingerprint density at radius 3 is 2.62 bits per heavy atom. The number of amides is 1. The first-order chi connectivity index (χ1) is 14.3. The number of anilines is 2. The molecule has 1 amide bonds. The van der Waals surface area contributed by atoms with Crippen LogP contribution in [0.2, 0.25) is 0 Å². The summed E-state index contributed by atoms with van der Waals surface area (Å²) in [4.78, 5) is 15.1. The maximum absolute atomic E-state index is 13.4. The van der Waals surface area contributed by atoms with Crippen LogP contribution in [0.3, 0.4) is 0 Å². The van der Waals surface area contributed by atoms with Crippen LogP contribution in [0.1, 0.15) is 34.9 Å². The number of nitrogens with zero attached hydrogens (tertiary/aromatic N) is 2. The summed E-state index contributed by atoms with van der Waals surface area (Å²) in [5.74, 6) is 0.678. The third kappa shape index (κ3) is 3.92. The summed E-state index contributed by atoms with van der Waals surface area (Å²) in [5, 5.41) is 12.2. The number of carbonyl (C=O) groups is 1. The average molecular weight is 383 g/mol. The van der Waals surface area contributed by atoms with Gasteiger partial charge in [0, 0.05) is 17.8 Å². The lowest BCUT2D eigenvalue weighted by Gasteiger charge is -2.38. The van der Waals surface area contributed by atoms with Gasteiger partial charge in [0.05, 0.1) is 18.2 Å². The molecule has 3 aromatic carbocycles. The highest BCUT2D eigenvalue weighted by atomic mass is 16.5. The Kier molecular flexibility index (Phi) is 5.44. The van der Waals surface area contributed by atoms with Gasteiger partial charge in [0.25, 0.3) is 5.91 Å². The minimum absolute atomic E-state index is 0.0455. The third-order valence-corrected chi connectivity index (χ3v) is 4.84. The van der Waals surface area contributed by atoms with Crippen molar-refractivity contribution >= 4 is 17.3 Å².